The minimum Gasteiger partial charge on any atom is -0.356 e. The van der Waals surface area contributed by atoms with Crippen LogP contribution in [0.2, 0.25) is 0 Å². The molecule has 0 aliphatic rings. The van der Waals surface area contributed by atoms with Crippen LogP contribution in [0, 0.1) is 12.7 Å². The number of hydrogen-bond donors (Lipinski definition) is 2. The lowest BCUT2D eigenvalue weighted by Crippen LogP contribution is -2.37. The molecule has 0 amide bonds. The Balaban J connectivity index is 0.00000264. The molecule has 0 bridgehead atoms. The van der Waals surface area contributed by atoms with Crippen LogP contribution >= 0.6 is 24.0 Å². The number of halogens is 2. The standard InChI is InChI=1S/C16H22FN5.HI/c1-12-8-15(17)5-4-14(12)6-7-19-16(18-2)20-9-13-10-21-22(3)11-13;/h4-5,8,10-11H,6-7,9H2,1-3H3,(H2,18,19,20);1H. The predicted molar refractivity (Wildman–Crippen MR) is 102 cm³/mol. The molecule has 2 N–H and O–H groups in total. The van der Waals surface area contributed by atoms with Gasteiger partial charge in [-0.2, -0.15) is 5.10 Å². The molecule has 0 atom stereocenters. The monoisotopic (exact) mass is 431 g/mol. The fourth-order valence-electron chi connectivity index (χ4n) is 2.22. The zero-order valence-corrected chi connectivity index (χ0v) is 16.0. The molecule has 126 valence electrons. The summed E-state index contributed by atoms with van der Waals surface area (Å²) < 4.78 is 14.8. The molecule has 0 fully saturated rings. The van der Waals surface area contributed by atoms with Crippen LogP contribution in [0.4, 0.5) is 4.39 Å². The van der Waals surface area contributed by atoms with Crippen molar-refractivity contribution in [2.24, 2.45) is 12.0 Å². The third kappa shape index (κ3) is 6.17. The zero-order valence-electron chi connectivity index (χ0n) is 13.6. The average molecular weight is 431 g/mol. The van der Waals surface area contributed by atoms with E-state index >= 15 is 0 Å². The van der Waals surface area contributed by atoms with Gasteiger partial charge in [-0.1, -0.05) is 6.07 Å². The fraction of sp³-hybridized carbons (Fsp3) is 0.375. The molecule has 1 heterocycles. The molecule has 0 aliphatic heterocycles. The normalized spacial score (nSPS) is 11.0. The summed E-state index contributed by atoms with van der Waals surface area (Å²) in [5.74, 6) is 0.548. The van der Waals surface area contributed by atoms with Crippen LogP contribution in [0.5, 0.6) is 0 Å². The van der Waals surface area contributed by atoms with E-state index in [0.717, 1.165) is 35.6 Å². The number of hydrogen-bond acceptors (Lipinski definition) is 2. The molecule has 0 unspecified atom stereocenters. The first kappa shape index (κ1) is 19.4. The van der Waals surface area contributed by atoms with E-state index in [1.807, 2.05) is 32.4 Å². The van der Waals surface area contributed by atoms with Crippen LogP contribution < -0.4 is 10.6 Å². The van der Waals surface area contributed by atoms with E-state index in [4.69, 9.17) is 0 Å². The Morgan fingerprint density at radius 2 is 2.13 bits per heavy atom. The van der Waals surface area contributed by atoms with Gasteiger partial charge in [-0.15, -0.1) is 24.0 Å². The van der Waals surface area contributed by atoms with Gasteiger partial charge in [0.25, 0.3) is 0 Å². The molecule has 0 radical (unpaired) electrons. The van der Waals surface area contributed by atoms with Crippen LogP contribution in [0.25, 0.3) is 0 Å². The van der Waals surface area contributed by atoms with E-state index in [2.05, 4.69) is 20.7 Å². The Labute approximate surface area is 153 Å². The van der Waals surface area contributed by atoms with Crippen molar-refractivity contribution in [3.8, 4) is 0 Å². The summed E-state index contributed by atoms with van der Waals surface area (Å²) in [5, 5.41) is 10.6. The first-order valence-electron chi connectivity index (χ1n) is 7.25. The molecule has 1 aromatic heterocycles. The molecular formula is C16H23FIN5. The lowest BCUT2D eigenvalue weighted by atomic mass is 10.1. The first-order valence-corrected chi connectivity index (χ1v) is 7.25. The first-order chi connectivity index (χ1) is 10.6. The van der Waals surface area contributed by atoms with Crippen LogP contribution in [-0.4, -0.2) is 29.3 Å². The smallest absolute Gasteiger partial charge is 0.191 e. The van der Waals surface area contributed by atoms with E-state index in [-0.39, 0.29) is 29.8 Å². The van der Waals surface area contributed by atoms with Crippen molar-refractivity contribution in [2.75, 3.05) is 13.6 Å². The van der Waals surface area contributed by atoms with Gasteiger partial charge in [-0.05, 0) is 36.6 Å². The molecular weight excluding hydrogens is 408 g/mol. The molecule has 0 spiro atoms. The van der Waals surface area contributed by atoms with Crippen LogP contribution in [0.15, 0.2) is 35.6 Å². The topological polar surface area (TPSA) is 54.2 Å². The van der Waals surface area contributed by atoms with Crippen molar-refractivity contribution in [1.82, 2.24) is 20.4 Å². The second-order valence-corrected chi connectivity index (χ2v) is 5.20. The summed E-state index contributed by atoms with van der Waals surface area (Å²) in [6.45, 7) is 3.33. The second-order valence-electron chi connectivity index (χ2n) is 5.20. The van der Waals surface area contributed by atoms with E-state index < -0.39 is 0 Å². The summed E-state index contributed by atoms with van der Waals surface area (Å²) in [4.78, 5) is 4.18. The van der Waals surface area contributed by atoms with Gasteiger partial charge >= 0.3 is 0 Å². The van der Waals surface area contributed by atoms with Gasteiger partial charge in [-0.25, -0.2) is 4.39 Å². The summed E-state index contributed by atoms with van der Waals surface area (Å²) in [6, 6.07) is 4.89. The minimum absolute atomic E-state index is 0. The van der Waals surface area contributed by atoms with Crippen molar-refractivity contribution in [3.05, 3.63) is 53.1 Å². The molecule has 1 aromatic carbocycles. The Bertz CT molecular complexity index is 654. The number of aliphatic imine (C=N–C) groups is 1. The second kappa shape index (κ2) is 9.49. The van der Waals surface area contributed by atoms with Gasteiger partial charge in [0.05, 0.1) is 6.20 Å². The SMILES string of the molecule is CN=C(NCCc1ccc(F)cc1C)NCc1cnn(C)c1.I. The third-order valence-corrected chi connectivity index (χ3v) is 3.43. The van der Waals surface area contributed by atoms with Crippen molar-refractivity contribution in [1.29, 1.82) is 0 Å². The molecule has 2 aromatic rings. The maximum Gasteiger partial charge on any atom is 0.191 e. The zero-order chi connectivity index (χ0) is 15.9. The number of guanidine groups is 1. The number of rotatable bonds is 5. The molecule has 0 saturated carbocycles. The fourth-order valence-corrected chi connectivity index (χ4v) is 2.22. The Hall–Kier alpha value is -1.64. The Morgan fingerprint density at radius 1 is 1.35 bits per heavy atom. The highest BCUT2D eigenvalue weighted by Crippen LogP contribution is 2.10. The lowest BCUT2D eigenvalue weighted by Gasteiger charge is -2.12. The van der Waals surface area contributed by atoms with E-state index in [9.17, 15) is 4.39 Å². The maximum absolute atomic E-state index is 13.1. The largest absolute Gasteiger partial charge is 0.356 e. The maximum atomic E-state index is 13.1. The molecule has 5 nitrogen and oxygen atoms in total. The van der Waals surface area contributed by atoms with Crippen molar-refractivity contribution in [3.63, 3.8) is 0 Å². The molecule has 23 heavy (non-hydrogen) atoms. The third-order valence-electron chi connectivity index (χ3n) is 3.43. The molecule has 2 rings (SSSR count). The minimum atomic E-state index is -0.192. The molecule has 0 saturated heterocycles. The number of nitrogens with one attached hydrogen (secondary N) is 2. The number of aromatic nitrogens is 2. The lowest BCUT2D eigenvalue weighted by molar-refractivity contribution is 0.625. The van der Waals surface area contributed by atoms with Crippen LogP contribution in [-0.2, 0) is 20.0 Å². The number of aryl methyl sites for hydroxylation is 2. The van der Waals surface area contributed by atoms with Gasteiger partial charge in [-0.3, -0.25) is 9.67 Å². The van der Waals surface area contributed by atoms with E-state index in [1.165, 1.54) is 6.07 Å². The molecule has 0 aliphatic carbocycles. The highest BCUT2D eigenvalue weighted by molar-refractivity contribution is 14.0. The summed E-state index contributed by atoms with van der Waals surface area (Å²) >= 11 is 0. The summed E-state index contributed by atoms with van der Waals surface area (Å²) in [7, 11) is 3.63. The summed E-state index contributed by atoms with van der Waals surface area (Å²) in [6.07, 6.45) is 4.60. The average Bonchev–Trinajstić information content (AvgIpc) is 2.90. The molecule has 7 heteroatoms. The Kier molecular flexibility index (Phi) is 8.01. The summed E-state index contributed by atoms with van der Waals surface area (Å²) in [5.41, 5.74) is 3.21. The van der Waals surface area contributed by atoms with Crippen molar-refractivity contribution >= 4 is 29.9 Å². The van der Waals surface area contributed by atoms with Crippen molar-refractivity contribution < 1.29 is 4.39 Å². The van der Waals surface area contributed by atoms with Gasteiger partial charge < -0.3 is 10.6 Å². The van der Waals surface area contributed by atoms with Gasteiger partial charge in [0.2, 0.25) is 0 Å². The highest BCUT2D eigenvalue weighted by Gasteiger charge is 2.02. The van der Waals surface area contributed by atoms with E-state index in [1.54, 1.807) is 17.8 Å². The number of nitrogens with zero attached hydrogens (tertiary/aromatic N) is 3. The quantitative estimate of drug-likeness (QED) is 0.435. The number of benzene rings is 1. The van der Waals surface area contributed by atoms with Crippen LogP contribution in [0.1, 0.15) is 16.7 Å². The van der Waals surface area contributed by atoms with Crippen LogP contribution in [0.3, 0.4) is 0 Å². The van der Waals surface area contributed by atoms with E-state index in [0.29, 0.717) is 6.54 Å². The van der Waals surface area contributed by atoms with Gasteiger partial charge in [0, 0.05) is 38.9 Å². The van der Waals surface area contributed by atoms with Gasteiger partial charge in [0.15, 0.2) is 5.96 Å². The predicted octanol–water partition coefficient (Wildman–Crippen LogP) is 2.39. The van der Waals surface area contributed by atoms with Gasteiger partial charge in [0.1, 0.15) is 5.82 Å². The highest BCUT2D eigenvalue weighted by atomic mass is 127. The Morgan fingerprint density at radius 3 is 2.74 bits per heavy atom. The van der Waals surface area contributed by atoms with Crippen molar-refractivity contribution in [2.45, 2.75) is 19.9 Å².